The molecule has 6 N–H and O–H groups in total. The van der Waals surface area contributed by atoms with Crippen molar-refractivity contribution in [3.63, 3.8) is 0 Å². The summed E-state index contributed by atoms with van der Waals surface area (Å²) in [6.45, 7) is 0.846. The molecule has 2 aliphatic heterocycles. The molecule has 3 aliphatic rings. The number of thiazole rings is 1. The molecule has 2 saturated heterocycles. The number of β-lactam (4-membered cyclic amide) rings is 1. The number of rotatable bonds is 13. The molecule has 4 heterocycles. The molecule has 0 spiro atoms. The quantitative estimate of drug-likeness (QED) is 0.0835. The number of hydrogen-bond donors (Lipinski definition) is 4. The molecule has 2 aromatic rings. The average molecular weight is 642 g/mol. The zero-order valence-electron chi connectivity index (χ0n) is 22.3. The Bertz CT molecular complexity index is 1580. The van der Waals surface area contributed by atoms with E-state index in [1.807, 2.05) is 0 Å². The molecule has 3 fully saturated rings. The Balaban J connectivity index is 1.28. The lowest BCUT2D eigenvalue weighted by Gasteiger charge is -2.43. The van der Waals surface area contributed by atoms with Gasteiger partial charge in [-0.05, 0) is 6.54 Å². The summed E-state index contributed by atoms with van der Waals surface area (Å²) in [7, 11) is -5.01. The van der Waals surface area contributed by atoms with Crippen LogP contribution >= 0.6 is 11.3 Å². The van der Waals surface area contributed by atoms with Crippen molar-refractivity contribution >= 4 is 56.2 Å². The Labute approximate surface area is 247 Å². The van der Waals surface area contributed by atoms with Crippen molar-refractivity contribution in [3.05, 3.63) is 23.0 Å². The van der Waals surface area contributed by atoms with Crippen LogP contribution in [-0.2, 0) is 47.4 Å². The second-order valence-corrected chi connectivity index (χ2v) is 12.4. The predicted molar refractivity (Wildman–Crippen MR) is 143 cm³/mol. The summed E-state index contributed by atoms with van der Waals surface area (Å²) in [5, 5.41) is 22.7. The highest BCUT2D eigenvalue weighted by molar-refractivity contribution is 7.84. The number of carbonyl (C=O) groups is 4. The second kappa shape index (κ2) is 11.5. The van der Waals surface area contributed by atoms with Gasteiger partial charge >= 0.3 is 22.4 Å². The maximum absolute atomic E-state index is 13.3. The number of carbonyl (C=O) groups excluding carboxylic acids is 3. The fourth-order valence-corrected chi connectivity index (χ4v) is 6.02. The number of Topliss-reactive ketones (excluding diaryl/α,β-unsaturated/α-hetero) is 1. The molecule has 21 heteroatoms. The first kappa shape index (κ1) is 30.3. The smallest absolute Gasteiger partial charge is 0.410 e. The highest BCUT2D eigenvalue weighted by Crippen LogP contribution is 2.40. The van der Waals surface area contributed by atoms with E-state index in [0.717, 1.165) is 16.1 Å². The number of aliphatic carboxylic acids is 1. The molecule has 0 aromatic carbocycles. The number of aromatic nitrogens is 4. The van der Waals surface area contributed by atoms with Gasteiger partial charge in [0.15, 0.2) is 16.6 Å². The van der Waals surface area contributed by atoms with E-state index in [4.69, 9.17) is 21.0 Å². The Morgan fingerprint density at radius 3 is 2.56 bits per heavy atom. The summed E-state index contributed by atoms with van der Waals surface area (Å²) < 4.78 is 39.0. The largest absolute Gasteiger partial charge is 0.478 e. The molecule has 0 bridgehead atoms. The number of carboxylic acid groups (broad SMARTS) is 1. The van der Waals surface area contributed by atoms with E-state index in [2.05, 4.69) is 20.3 Å². The molecule has 0 radical (unpaired) electrons. The van der Waals surface area contributed by atoms with Crippen molar-refractivity contribution in [2.24, 2.45) is 22.7 Å². The minimum absolute atomic E-state index is 0.0200. The van der Waals surface area contributed by atoms with Crippen molar-refractivity contribution in [2.75, 3.05) is 25.4 Å². The fourth-order valence-electron chi connectivity index (χ4n) is 4.56. The van der Waals surface area contributed by atoms with Crippen molar-refractivity contribution < 1.29 is 46.8 Å². The van der Waals surface area contributed by atoms with Gasteiger partial charge in [0.05, 0.1) is 24.7 Å². The molecule has 19 nitrogen and oxygen atoms in total. The van der Waals surface area contributed by atoms with Crippen LogP contribution in [0.15, 0.2) is 16.7 Å². The predicted octanol–water partition coefficient (Wildman–Crippen LogP) is -1.53. The number of ketones is 1. The van der Waals surface area contributed by atoms with Gasteiger partial charge in [0, 0.05) is 43.6 Å². The van der Waals surface area contributed by atoms with Crippen LogP contribution in [-0.4, -0.2) is 108 Å². The topological polar surface area (TPSA) is 276 Å². The fraction of sp³-hybridized carbons (Fsp3) is 0.545. The van der Waals surface area contributed by atoms with Crippen LogP contribution < -0.4 is 11.5 Å². The van der Waals surface area contributed by atoms with Gasteiger partial charge in [-0.2, -0.15) is 23.4 Å². The monoisotopic (exact) mass is 641 g/mol. The van der Waals surface area contributed by atoms with Crippen LogP contribution in [0.5, 0.6) is 0 Å². The molecule has 1 saturated carbocycles. The van der Waals surface area contributed by atoms with Gasteiger partial charge < -0.3 is 31.0 Å². The van der Waals surface area contributed by atoms with E-state index in [9.17, 15) is 37.3 Å². The van der Waals surface area contributed by atoms with Crippen LogP contribution in [0.25, 0.3) is 0 Å². The Hall–Kier alpha value is -4.21. The highest BCUT2D eigenvalue weighted by atomic mass is 32.2. The van der Waals surface area contributed by atoms with Gasteiger partial charge in [0.25, 0.3) is 0 Å². The third-order valence-electron chi connectivity index (χ3n) is 7.21. The van der Waals surface area contributed by atoms with E-state index in [1.54, 1.807) is 0 Å². The molecular weight excluding hydrogens is 614 g/mol. The van der Waals surface area contributed by atoms with Crippen molar-refractivity contribution in [1.82, 2.24) is 29.2 Å². The molecule has 5 rings (SSSR count). The van der Waals surface area contributed by atoms with Crippen molar-refractivity contribution in [2.45, 2.75) is 44.1 Å². The summed E-state index contributed by atoms with van der Waals surface area (Å²) in [6.07, 6.45) is 0.462. The van der Waals surface area contributed by atoms with Crippen LogP contribution in [0.1, 0.15) is 30.7 Å². The summed E-state index contributed by atoms with van der Waals surface area (Å²) in [4.78, 5) is 61.4. The average Bonchev–Trinajstić information content (AvgIpc) is 3.38. The van der Waals surface area contributed by atoms with E-state index in [0.29, 0.717) is 19.6 Å². The Morgan fingerprint density at radius 1 is 1.26 bits per heavy atom. The van der Waals surface area contributed by atoms with Gasteiger partial charge in [0.2, 0.25) is 11.5 Å². The minimum atomic E-state index is -5.01. The third-order valence-corrected chi connectivity index (χ3v) is 8.84. The first-order chi connectivity index (χ1) is 20.3. The lowest BCUT2D eigenvalue weighted by molar-refractivity contribution is -0.153. The van der Waals surface area contributed by atoms with Gasteiger partial charge in [-0.15, -0.1) is 11.3 Å². The number of anilines is 1. The van der Waals surface area contributed by atoms with Crippen LogP contribution in [0.4, 0.5) is 9.93 Å². The molecule has 2 aromatic heterocycles. The second-order valence-electron chi connectivity index (χ2n) is 10.3. The first-order valence-electron chi connectivity index (χ1n) is 12.9. The van der Waals surface area contributed by atoms with Gasteiger partial charge in [0.1, 0.15) is 18.0 Å². The van der Waals surface area contributed by atoms with E-state index < -0.39 is 63.8 Å². The number of oxime groups is 1. The maximum atomic E-state index is 13.3. The summed E-state index contributed by atoms with van der Waals surface area (Å²) >= 11 is 0.981. The molecule has 232 valence electrons. The number of amides is 2. The number of nitrogens with two attached hydrogens (primary N) is 2. The lowest BCUT2D eigenvalue weighted by atomic mass is 9.84. The number of hydrogen-bond acceptors (Lipinski definition) is 15. The molecular formula is C22H27N9O10S2. The van der Waals surface area contributed by atoms with Crippen LogP contribution in [0, 0.1) is 11.8 Å². The molecule has 0 unspecified atom stereocenters. The van der Waals surface area contributed by atoms with Crippen molar-refractivity contribution in [1.29, 1.82) is 0 Å². The van der Waals surface area contributed by atoms with E-state index in [1.165, 1.54) is 16.5 Å². The van der Waals surface area contributed by atoms with Gasteiger partial charge in [-0.3, -0.25) is 14.1 Å². The highest BCUT2D eigenvalue weighted by Gasteiger charge is 2.56. The Morgan fingerprint density at radius 2 is 1.98 bits per heavy atom. The molecule has 2 amide bonds. The summed E-state index contributed by atoms with van der Waals surface area (Å²) in [5.74, 6) is -4.18. The van der Waals surface area contributed by atoms with E-state index in [-0.39, 0.29) is 52.7 Å². The van der Waals surface area contributed by atoms with E-state index >= 15 is 0 Å². The summed E-state index contributed by atoms with van der Waals surface area (Å²) in [5.41, 5.74) is 9.44. The molecule has 2 atom stereocenters. The number of nitrogens with zero attached hydrogens (tertiary/aromatic N) is 7. The zero-order valence-corrected chi connectivity index (χ0v) is 23.9. The SMILES string of the molecule is NCC1CN(C(=O)OCc2cnn(C[C@@H]3[C@H](CC(=O)/C(=N\OC4(C(=O)O)CC4)c4csc(N)n4)C(=O)N3S(=O)(=O)O)n2)C1. The maximum Gasteiger partial charge on any atom is 0.410 e. The Kier molecular flexibility index (Phi) is 8.07. The van der Waals surface area contributed by atoms with Crippen LogP contribution in [0.2, 0.25) is 0 Å². The lowest BCUT2D eigenvalue weighted by Crippen LogP contribution is -2.64. The number of carboxylic acids is 1. The van der Waals surface area contributed by atoms with Gasteiger partial charge in [-0.25, -0.2) is 18.9 Å². The first-order valence-corrected chi connectivity index (χ1v) is 15.1. The third kappa shape index (κ3) is 6.28. The normalized spacial score (nSPS) is 21.6. The van der Waals surface area contributed by atoms with Crippen molar-refractivity contribution in [3.8, 4) is 0 Å². The zero-order chi connectivity index (χ0) is 31.1. The minimum Gasteiger partial charge on any atom is -0.478 e. The standard InChI is InChI=1S/C22H27N9O10S2/c23-4-11-6-29(7-11)21(36)40-9-12-5-25-30(27-12)8-15-13(18(33)31(15)43(37,38)39)3-16(32)17(14-10-42-20(24)26-14)28-41-22(1-2-22)19(34)35/h5,10-11,13,15H,1-4,6-9,23H2,(H2,24,26)(H,34,35)(H,37,38,39)/b28-17-/t13-,15+/m0/s1. The summed E-state index contributed by atoms with van der Waals surface area (Å²) in [6, 6.07) is -1.28. The number of likely N-dealkylation sites (tertiary alicyclic amines) is 1. The molecule has 1 aliphatic carbocycles. The van der Waals surface area contributed by atoms with Crippen LogP contribution in [0.3, 0.4) is 0 Å². The number of ether oxygens (including phenoxy) is 1. The molecule has 43 heavy (non-hydrogen) atoms. The number of nitrogen functional groups attached to an aromatic ring is 1. The van der Waals surface area contributed by atoms with Gasteiger partial charge in [-0.1, -0.05) is 5.16 Å².